The summed E-state index contributed by atoms with van der Waals surface area (Å²) in [5.74, 6) is 0. The first kappa shape index (κ1) is 13.0. The number of benzene rings is 1. The molecule has 0 saturated carbocycles. The van der Waals surface area contributed by atoms with Gasteiger partial charge in [0, 0.05) is 39.5 Å². The maximum atomic E-state index is 4.99. The number of hydrogen-bond acceptors (Lipinski definition) is 3. The lowest BCUT2D eigenvalue weighted by Crippen LogP contribution is -2.29. The van der Waals surface area contributed by atoms with Crippen LogP contribution in [0.3, 0.4) is 0 Å². The summed E-state index contributed by atoms with van der Waals surface area (Å²) in [6, 6.07) is 10.4. The van der Waals surface area contributed by atoms with Gasteiger partial charge in [-0.1, -0.05) is 18.2 Å². The van der Waals surface area contributed by atoms with Crippen LogP contribution in [0, 0.1) is 0 Å². The van der Waals surface area contributed by atoms with Crippen molar-refractivity contribution in [2.75, 3.05) is 45.3 Å². The van der Waals surface area contributed by atoms with Crippen LogP contribution in [0.1, 0.15) is 6.42 Å². The number of rotatable bonds is 8. The van der Waals surface area contributed by atoms with Gasteiger partial charge < -0.3 is 15.0 Å². The van der Waals surface area contributed by atoms with Crippen LogP contribution < -0.4 is 10.2 Å². The van der Waals surface area contributed by atoms with E-state index in [1.54, 1.807) is 7.11 Å². The summed E-state index contributed by atoms with van der Waals surface area (Å²) in [5, 5.41) is 3.40. The minimum absolute atomic E-state index is 0.835. The highest BCUT2D eigenvalue weighted by molar-refractivity contribution is 5.44. The third kappa shape index (κ3) is 5.14. The van der Waals surface area contributed by atoms with Crippen molar-refractivity contribution < 1.29 is 4.74 Å². The lowest BCUT2D eigenvalue weighted by Gasteiger charge is -2.19. The molecular weight excluding hydrogens is 200 g/mol. The van der Waals surface area contributed by atoms with Gasteiger partial charge in [0.2, 0.25) is 0 Å². The molecule has 0 aliphatic carbocycles. The normalized spacial score (nSPS) is 10.4. The van der Waals surface area contributed by atoms with Crippen LogP contribution in [0.15, 0.2) is 30.3 Å². The van der Waals surface area contributed by atoms with Crippen molar-refractivity contribution in [1.29, 1.82) is 0 Å². The van der Waals surface area contributed by atoms with Crippen LogP contribution in [-0.4, -0.2) is 40.4 Å². The standard InChI is InChI=1S/C13H22N2O/c1-15(13-7-4-3-5-8-13)11-10-14-9-6-12-16-2/h3-5,7-8,14H,6,9-12H2,1-2H3. The highest BCUT2D eigenvalue weighted by atomic mass is 16.5. The number of nitrogens with one attached hydrogen (secondary N) is 1. The Morgan fingerprint density at radius 3 is 2.62 bits per heavy atom. The second-order valence-electron chi connectivity index (χ2n) is 3.85. The molecule has 1 aromatic rings. The van der Waals surface area contributed by atoms with E-state index in [-0.39, 0.29) is 0 Å². The molecule has 0 aliphatic heterocycles. The topological polar surface area (TPSA) is 24.5 Å². The Balaban J connectivity index is 2.09. The first-order valence-corrected chi connectivity index (χ1v) is 5.80. The Hall–Kier alpha value is -1.06. The summed E-state index contributed by atoms with van der Waals surface area (Å²) < 4.78 is 4.99. The van der Waals surface area contributed by atoms with Crippen LogP contribution in [-0.2, 0) is 4.74 Å². The number of hydrogen-bond donors (Lipinski definition) is 1. The lowest BCUT2D eigenvalue weighted by molar-refractivity contribution is 0.194. The maximum absolute atomic E-state index is 4.99. The first-order valence-electron chi connectivity index (χ1n) is 5.80. The van der Waals surface area contributed by atoms with E-state index in [1.807, 2.05) is 6.07 Å². The first-order chi connectivity index (χ1) is 7.84. The van der Waals surface area contributed by atoms with Crippen LogP contribution >= 0.6 is 0 Å². The average Bonchev–Trinajstić information content (AvgIpc) is 2.34. The van der Waals surface area contributed by atoms with E-state index in [0.29, 0.717) is 0 Å². The fraction of sp³-hybridized carbons (Fsp3) is 0.538. The predicted octanol–water partition coefficient (Wildman–Crippen LogP) is 1.75. The van der Waals surface area contributed by atoms with Crippen LogP contribution in [0.4, 0.5) is 5.69 Å². The molecule has 0 fully saturated rings. The van der Waals surface area contributed by atoms with Crippen molar-refractivity contribution in [3.63, 3.8) is 0 Å². The van der Waals surface area contributed by atoms with Gasteiger partial charge in [-0.2, -0.15) is 0 Å². The average molecular weight is 222 g/mol. The number of para-hydroxylation sites is 1. The van der Waals surface area contributed by atoms with E-state index >= 15 is 0 Å². The van der Waals surface area contributed by atoms with Crippen molar-refractivity contribution in [2.45, 2.75) is 6.42 Å². The molecule has 0 spiro atoms. The molecule has 0 amide bonds. The third-order valence-electron chi connectivity index (χ3n) is 2.52. The molecule has 0 heterocycles. The Labute approximate surface area is 98.4 Å². The minimum atomic E-state index is 0.835. The fourth-order valence-electron chi connectivity index (χ4n) is 1.52. The van der Waals surface area contributed by atoms with E-state index in [0.717, 1.165) is 32.7 Å². The minimum Gasteiger partial charge on any atom is -0.385 e. The lowest BCUT2D eigenvalue weighted by atomic mass is 10.3. The Morgan fingerprint density at radius 1 is 1.19 bits per heavy atom. The third-order valence-corrected chi connectivity index (χ3v) is 2.52. The number of anilines is 1. The van der Waals surface area contributed by atoms with Gasteiger partial charge in [0.15, 0.2) is 0 Å². The van der Waals surface area contributed by atoms with E-state index < -0.39 is 0 Å². The molecule has 90 valence electrons. The quantitative estimate of drug-likeness (QED) is 0.678. The zero-order valence-corrected chi connectivity index (χ0v) is 10.3. The molecule has 0 atom stereocenters. The SMILES string of the molecule is COCCCNCCN(C)c1ccccc1. The second kappa shape index (κ2) is 8.13. The van der Waals surface area contributed by atoms with Crippen molar-refractivity contribution >= 4 is 5.69 Å². The molecule has 16 heavy (non-hydrogen) atoms. The molecule has 0 radical (unpaired) electrons. The summed E-state index contributed by atoms with van der Waals surface area (Å²) in [6.07, 6.45) is 1.07. The fourth-order valence-corrected chi connectivity index (χ4v) is 1.52. The zero-order valence-electron chi connectivity index (χ0n) is 10.3. The van der Waals surface area contributed by atoms with E-state index in [2.05, 4.69) is 41.5 Å². The van der Waals surface area contributed by atoms with E-state index in [1.165, 1.54) is 5.69 Å². The molecular formula is C13H22N2O. The number of nitrogens with zero attached hydrogens (tertiary/aromatic N) is 1. The molecule has 0 unspecified atom stereocenters. The van der Waals surface area contributed by atoms with Gasteiger partial charge in [-0.3, -0.25) is 0 Å². The smallest absolute Gasteiger partial charge is 0.0474 e. The van der Waals surface area contributed by atoms with Crippen molar-refractivity contribution in [1.82, 2.24) is 5.32 Å². The van der Waals surface area contributed by atoms with Gasteiger partial charge in [-0.15, -0.1) is 0 Å². The maximum Gasteiger partial charge on any atom is 0.0474 e. The van der Waals surface area contributed by atoms with Gasteiger partial charge in [0.05, 0.1) is 0 Å². The summed E-state index contributed by atoms with van der Waals surface area (Å²) in [7, 11) is 3.86. The van der Waals surface area contributed by atoms with Crippen LogP contribution in [0.25, 0.3) is 0 Å². The van der Waals surface area contributed by atoms with Gasteiger partial charge in [-0.25, -0.2) is 0 Å². The number of methoxy groups -OCH3 is 1. The van der Waals surface area contributed by atoms with Gasteiger partial charge in [0.1, 0.15) is 0 Å². The van der Waals surface area contributed by atoms with Gasteiger partial charge in [0.25, 0.3) is 0 Å². The predicted molar refractivity (Wildman–Crippen MR) is 69.1 cm³/mol. The van der Waals surface area contributed by atoms with Crippen LogP contribution in [0.5, 0.6) is 0 Å². The largest absolute Gasteiger partial charge is 0.385 e. The summed E-state index contributed by atoms with van der Waals surface area (Å²) in [5.41, 5.74) is 1.26. The van der Waals surface area contributed by atoms with Crippen molar-refractivity contribution in [3.8, 4) is 0 Å². The molecule has 3 heteroatoms. The highest BCUT2D eigenvalue weighted by Crippen LogP contribution is 2.09. The molecule has 0 aliphatic rings. The molecule has 1 rings (SSSR count). The molecule has 0 saturated heterocycles. The Kier molecular flexibility index (Phi) is 6.61. The number of ether oxygens (including phenoxy) is 1. The Bertz CT molecular complexity index is 264. The molecule has 1 N–H and O–H groups in total. The molecule has 0 aromatic heterocycles. The molecule has 3 nitrogen and oxygen atoms in total. The van der Waals surface area contributed by atoms with Crippen molar-refractivity contribution in [2.24, 2.45) is 0 Å². The van der Waals surface area contributed by atoms with Crippen LogP contribution in [0.2, 0.25) is 0 Å². The summed E-state index contributed by atoms with van der Waals surface area (Å²) in [6.45, 7) is 3.89. The van der Waals surface area contributed by atoms with E-state index in [4.69, 9.17) is 4.74 Å². The highest BCUT2D eigenvalue weighted by Gasteiger charge is 1.98. The van der Waals surface area contributed by atoms with E-state index in [9.17, 15) is 0 Å². The monoisotopic (exact) mass is 222 g/mol. The second-order valence-corrected chi connectivity index (χ2v) is 3.85. The molecule has 0 bridgehead atoms. The Morgan fingerprint density at radius 2 is 1.94 bits per heavy atom. The molecule has 1 aromatic carbocycles. The summed E-state index contributed by atoms with van der Waals surface area (Å²) >= 11 is 0. The number of likely N-dealkylation sites (N-methyl/N-ethyl adjacent to an activating group) is 1. The van der Waals surface area contributed by atoms with Gasteiger partial charge in [-0.05, 0) is 25.1 Å². The van der Waals surface area contributed by atoms with Gasteiger partial charge >= 0.3 is 0 Å². The summed E-state index contributed by atoms with van der Waals surface area (Å²) in [4.78, 5) is 2.25. The zero-order chi connectivity index (χ0) is 11.6. The van der Waals surface area contributed by atoms with Crippen molar-refractivity contribution in [3.05, 3.63) is 30.3 Å².